The summed E-state index contributed by atoms with van der Waals surface area (Å²) >= 11 is 7.00. The lowest BCUT2D eigenvalue weighted by molar-refractivity contribution is -0.124. The Kier molecular flexibility index (Phi) is 4.93. The van der Waals surface area contributed by atoms with Crippen LogP contribution < -0.4 is 4.90 Å². The lowest BCUT2D eigenvalue weighted by atomic mass is 9.84. The van der Waals surface area contributed by atoms with Gasteiger partial charge in [0.05, 0.1) is 4.91 Å². The Labute approximate surface area is 171 Å². The average Bonchev–Trinajstić information content (AvgIpc) is 3.05. The van der Waals surface area contributed by atoms with Crippen molar-refractivity contribution in [3.8, 4) is 0 Å². The third kappa shape index (κ3) is 3.15. The molecule has 1 aromatic rings. The van der Waals surface area contributed by atoms with Crippen LogP contribution in [-0.2, 0) is 10.2 Å². The number of nitrogens with zero attached hydrogens (tertiary/aromatic N) is 2. The fourth-order valence-corrected chi connectivity index (χ4v) is 5.95. The van der Waals surface area contributed by atoms with Crippen molar-refractivity contribution in [2.24, 2.45) is 0 Å². The summed E-state index contributed by atoms with van der Waals surface area (Å²) in [6.45, 7) is 4.48. The fourth-order valence-electron chi connectivity index (χ4n) is 4.60. The van der Waals surface area contributed by atoms with Gasteiger partial charge in [-0.05, 0) is 36.6 Å². The molecule has 0 N–H and O–H groups in total. The Morgan fingerprint density at radius 1 is 1.15 bits per heavy atom. The van der Waals surface area contributed by atoms with Crippen molar-refractivity contribution in [3.05, 3.63) is 52.6 Å². The zero-order valence-electron chi connectivity index (χ0n) is 16.2. The van der Waals surface area contributed by atoms with E-state index in [0.29, 0.717) is 6.04 Å². The van der Waals surface area contributed by atoms with Gasteiger partial charge in [-0.1, -0.05) is 75.3 Å². The maximum absolute atomic E-state index is 13.0. The summed E-state index contributed by atoms with van der Waals surface area (Å²) in [6.07, 6.45) is 9.89. The highest BCUT2D eigenvalue weighted by molar-refractivity contribution is 8.26. The summed E-state index contributed by atoms with van der Waals surface area (Å²) in [5.74, 6) is 0.0877. The topological polar surface area (TPSA) is 23.6 Å². The van der Waals surface area contributed by atoms with Crippen molar-refractivity contribution in [3.63, 3.8) is 0 Å². The third-order valence-electron chi connectivity index (χ3n) is 6.10. The number of benzene rings is 1. The summed E-state index contributed by atoms with van der Waals surface area (Å²) in [4.78, 5) is 17.8. The molecule has 1 saturated carbocycles. The number of thiocarbonyl (C=S) groups is 1. The van der Waals surface area contributed by atoms with Crippen molar-refractivity contribution >= 4 is 39.9 Å². The van der Waals surface area contributed by atoms with Crippen molar-refractivity contribution < 1.29 is 4.79 Å². The molecule has 1 saturated heterocycles. The normalized spacial score (nSPS) is 25.7. The summed E-state index contributed by atoms with van der Waals surface area (Å²) in [5.41, 5.74) is 3.67. The van der Waals surface area contributed by atoms with E-state index in [0.717, 1.165) is 22.1 Å². The molecule has 0 unspecified atom stereocenters. The van der Waals surface area contributed by atoms with E-state index in [2.05, 4.69) is 56.1 Å². The van der Waals surface area contributed by atoms with Gasteiger partial charge in [0.25, 0.3) is 5.91 Å². The van der Waals surface area contributed by atoms with Gasteiger partial charge in [-0.15, -0.1) is 0 Å². The van der Waals surface area contributed by atoms with Crippen LogP contribution in [0.25, 0.3) is 0 Å². The molecule has 1 aliphatic carbocycles. The standard InChI is InChI=1S/C22H26N2OS2/c1-22(2)16-11-7-8-12-17(16)23(3)19(22)14-13-18-20(25)24(21(26)27-18)15-9-5-4-6-10-15/h7-8,11-15H,4-6,9-10H2,1-3H3/b18-13+,19-14+. The Bertz CT molecular complexity index is 850. The summed E-state index contributed by atoms with van der Waals surface area (Å²) < 4.78 is 0.721. The van der Waals surface area contributed by atoms with Crippen LogP contribution in [0.15, 0.2) is 47.0 Å². The first kappa shape index (κ1) is 18.8. The van der Waals surface area contributed by atoms with Crippen LogP contribution in [0.4, 0.5) is 5.69 Å². The van der Waals surface area contributed by atoms with Gasteiger partial charge in [-0.25, -0.2) is 0 Å². The average molecular weight is 399 g/mol. The number of amides is 1. The number of para-hydroxylation sites is 1. The van der Waals surface area contributed by atoms with Gasteiger partial charge in [-0.3, -0.25) is 9.69 Å². The number of carbonyl (C=O) groups excluding carboxylic acids is 1. The van der Waals surface area contributed by atoms with Crippen molar-refractivity contribution in [2.75, 3.05) is 11.9 Å². The molecule has 142 valence electrons. The molecule has 0 bridgehead atoms. The van der Waals surface area contributed by atoms with E-state index in [1.165, 1.54) is 48.0 Å². The SMILES string of the molecule is CN1/C(=C/C=C2/SC(=S)N(C3CCCCC3)C2=O)C(C)(C)c2ccccc21. The van der Waals surface area contributed by atoms with E-state index < -0.39 is 0 Å². The Morgan fingerprint density at radius 3 is 2.56 bits per heavy atom. The highest BCUT2D eigenvalue weighted by atomic mass is 32.2. The smallest absolute Gasteiger partial charge is 0.266 e. The molecule has 4 rings (SSSR count). The molecule has 3 aliphatic rings. The minimum Gasteiger partial charge on any atom is -0.347 e. The Balaban J connectivity index is 1.61. The maximum atomic E-state index is 13.0. The van der Waals surface area contributed by atoms with Crippen LogP contribution in [0, 0.1) is 0 Å². The van der Waals surface area contributed by atoms with Crippen LogP contribution in [-0.4, -0.2) is 28.2 Å². The van der Waals surface area contributed by atoms with Gasteiger partial charge < -0.3 is 4.90 Å². The van der Waals surface area contributed by atoms with Crippen LogP contribution in [0.5, 0.6) is 0 Å². The predicted octanol–water partition coefficient (Wildman–Crippen LogP) is 5.37. The highest BCUT2D eigenvalue weighted by Crippen LogP contribution is 2.47. The monoisotopic (exact) mass is 398 g/mol. The van der Waals surface area contributed by atoms with Gasteiger partial charge in [0.1, 0.15) is 4.32 Å². The number of allylic oxidation sites excluding steroid dienone is 3. The number of likely N-dealkylation sites (N-methyl/N-ethyl adjacent to an activating group) is 1. The summed E-state index contributed by atoms with van der Waals surface area (Å²) in [5, 5.41) is 0. The van der Waals surface area contributed by atoms with E-state index in [9.17, 15) is 4.79 Å². The Morgan fingerprint density at radius 2 is 1.85 bits per heavy atom. The first-order chi connectivity index (χ1) is 12.9. The van der Waals surface area contributed by atoms with Crippen molar-refractivity contribution in [2.45, 2.75) is 57.4 Å². The van der Waals surface area contributed by atoms with Gasteiger partial charge >= 0.3 is 0 Å². The molecule has 0 spiro atoms. The zero-order valence-corrected chi connectivity index (χ0v) is 17.8. The number of hydrogen-bond acceptors (Lipinski definition) is 4. The van der Waals surface area contributed by atoms with Crippen LogP contribution in [0.3, 0.4) is 0 Å². The molecule has 1 amide bonds. The van der Waals surface area contributed by atoms with Crippen molar-refractivity contribution in [1.29, 1.82) is 0 Å². The summed E-state index contributed by atoms with van der Waals surface area (Å²) in [7, 11) is 2.10. The number of thioether (sulfide) groups is 1. The molecule has 5 heteroatoms. The molecule has 0 aromatic heterocycles. The summed E-state index contributed by atoms with van der Waals surface area (Å²) in [6, 6.07) is 8.80. The minimum atomic E-state index is -0.0850. The zero-order chi connectivity index (χ0) is 19.2. The van der Waals surface area contributed by atoms with Gasteiger partial charge in [-0.2, -0.15) is 0 Å². The van der Waals surface area contributed by atoms with E-state index in [4.69, 9.17) is 12.2 Å². The first-order valence-electron chi connectivity index (χ1n) is 9.72. The van der Waals surface area contributed by atoms with E-state index in [1.807, 2.05) is 11.0 Å². The third-order valence-corrected chi connectivity index (χ3v) is 7.45. The second-order valence-corrected chi connectivity index (χ2v) is 9.79. The molecule has 1 aromatic carbocycles. The van der Waals surface area contributed by atoms with Gasteiger partial charge in [0.2, 0.25) is 0 Å². The molecule has 2 fully saturated rings. The second kappa shape index (κ2) is 7.10. The molecule has 0 radical (unpaired) electrons. The largest absolute Gasteiger partial charge is 0.347 e. The molecule has 27 heavy (non-hydrogen) atoms. The van der Waals surface area contributed by atoms with Crippen molar-refractivity contribution in [1.82, 2.24) is 4.90 Å². The highest BCUT2D eigenvalue weighted by Gasteiger charge is 2.39. The lowest BCUT2D eigenvalue weighted by Crippen LogP contribution is -2.39. The predicted molar refractivity (Wildman–Crippen MR) is 118 cm³/mol. The van der Waals surface area contributed by atoms with E-state index >= 15 is 0 Å². The van der Waals surface area contributed by atoms with Crippen LogP contribution in [0.2, 0.25) is 0 Å². The number of hydrogen-bond donors (Lipinski definition) is 0. The minimum absolute atomic E-state index is 0.0850. The fraction of sp³-hybridized carbons (Fsp3) is 0.455. The molecule has 2 heterocycles. The number of anilines is 1. The van der Waals surface area contributed by atoms with E-state index in [-0.39, 0.29) is 11.3 Å². The molecular weight excluding hydrogens is 372 g/mol. The molecular formula is C22H26N2OS2. The quantitative estimate of drug-likeness (QED) is 0.493. The van der Waals surface area contributed by atoms with Gasteiger partial charge in [0.15, 0.2) is 0 Å². The van der Waals surface area contributed by atoms with Crippen LogP contribution in [0.1, 0.15) is 51.5 Å². The van der Waals surface area contributed by atoms with Gasteiger partial charge in [0, 0.05) is 29.9 Å². The molecule has 3 nitrogen and oxygen atoms in total. The number of fused-ring (bicyclic) bond motifs is 1. The number of carbonyl (C=O) groups is 1. The Hall–Kier alpha value is -1.59. The molecule has 0 atom stereocenters. The number of rotatable bonds is 2. The maximum Gasteiger partial charge on any atom is 0.266 e. The lowest BCUT2D eigenvalue weighted by Gasteiger charge is -2.29. The first-order valence-corrected chi connectivity index (χ1v) is 10.9. The second-order valence-electron chi connectivity index (χ2n) is 8.12. The van der Waals surface area contributed by atoms with E-state index in [1.54, 1.807) is 0 Å². The molecule has 2 aliphatic heterocycles. The van der Waals surface area contributed by atoms with Crippen LogP contribution >= 0.6 is 24.0 Å².